The van der Waals surface area contributed by atoms with E-state index in [9.17, 15) is 12.8 Å². The molecule has 112 valence electrons. The summed E-state index contributed by atoms with van der Waals surface area (Å²) >= 11 is 0. The summed E-state index contributed by atoms with van der Waals surface area (Å²) in [6.45, 7) is 3.90. The van der Waals surface area contributed by atoms with Crippen molar-refractivity contribution in [2.45, 2.75) is 18.7 Å². The second kappa shape index (κ2) is 6.13. The fourth-order valence-corrected chi connectivity index (χ4v) is 2.87. The molecule has 0 saturated heterocycles. The van der Waals surface area contributed by atoms with Crippen LogP contribution < -0.4 is 9.46 Å². The molecule has 0 aliphatic carbocycles. The van der Waals surface area contributed by atoms with Gasteiger partial charge in [-0.1, -0.05) is 23.8 Å². The molecule has 4 nitrogen and oxygen atoms in total. The Balaban J connectivity index is 2.39. The molecule has 0 heterocycles. The zero-order valence-corrected chi connectivity index (χ0v) is 12.6. The van der Waals surface area contributed by atoms with E-state index in [2.05, 4.69) is 4.72 Å². The summed E-state index contributed by atoms with van der Waals surface area (Å²) in [6, 6.07) is 10.5. The van der Waals surface area contributed by atoms with E-state index >= 15 is 0 Å². The number of anilines is 1. The highest BCUT2D eigenvalue weighted by Crippen LogP contribution is 2.29. The Morgan fingerprint density at radius 3 is 2.43 bits per heavy atom. The number of ether oxygens (including phenoxy) is 1. The van der Waals surface area contributed by atoms with Gasteiger partial charge in [-0.2, -0.15) is 0 Å². The van der Waals surface area contributed by atoms with Crippen molar-refractivity contribution in [3.05, 3.63) is 53.8 Å². The van der Waals surface area contributed by atoms with Crippen molar-refractivity contribution in [1.29, 1.82) is 0 Å². The Morgan fingerprint density at radius 1 is 1.14 bits per heavy atom. The minimum absolute atomic E-state index is 0.0683. The van der Waals surface area contributed by atoms with E-state index < -0.39 is 15.8 Å². The number of aryl methyl sites for hydroxylation is 1. The van der Waals surface area contributed by atoms with Crippen LogP contribution >= 0.6 is 0 Å². The highest BCUT2D eigenvalue weighted by atomic mass is 32.2. The van der Waals surface area contributed by atoms with Crippen molar-refractivity contribution < 1.29 is 17.5 Å². The maximum atomic E-state index is 13.9. The van der Waals surface area contributed by atoms with E-state index in [4.69, 9.17) is 4.74 Å². The van der Waals surface area contributed by atoms with E-state index in [0.717, 1.165) is 5.56 Å². The highest BCUT2D eigenvalue weighted by Gasteiger charge is 2.19. The molecule has 0 amide bonds. The molecule has 2 rings (SSSR count). The fraction of sp³-hybridized carbons (Fsp3) is 0.200. The first kappa shape index (κ1) is 15.3. The molecule has 2 aromatic rings. The maximum absolute atomic E-state index is 13.9. The molecule has 0 unspecified atom stereocenters. The van der Waals surface area contributed by atoms with Crippen LogP contribution in [0.25, 0.3) is 0 Å². The van der Waals surface area contributed by atoms with Gasteiger partial charge in [-0.15, -0.1) is 0 Å². The zero-order valence-electron chi connectivity index (χ0n) is 11.8. The van der Waals surface area contributed by atoms with E-state index in [0.29, 0.717) is 6.61 Å². The Morgan fingerprint density at radius 2 is 1.81 bits per heavy atom. The molecular formula is C15H16FNO3S. The third kappa shape index (κ3) is 3.52. The molecular weight excluding hydrogens is 293 g/mol. The van der Waals surface area contributed by atoms with Crippen molar-refractivity contribution >= 4 is 15.7 Å². The lowest BCUT2D eigenvalue weighted by Gasteiger charge is -2.13. The molecule has 0 aliphatic rings. The van der Waals surface area contributed by atoms with Gasteiger partial charge in [-0.3, -0.25) is 4.72 Å². The first-order chi connectivity index (χ1) is 9.94. The van der Waals surface area contributed by atoms with Crippen LogP contribution in [0, 0.1) is 12.7 Å². The van der Waals surface area contributed by atoms with Gasteiger partial charge in [0.2, 0.25) is 0 Å². The van der Waals surface area contributed by atoms with Crippen LogP contribution in [-0.4, -0.2) is 15.0 Å². The van der Waals surface area contributed by atoms with Gasteiger partial charge >= 0.3 is 0 Å². The van der Waals surface area contributed by atoms with E-state index in [1.54, 1.807) is 19.1 Å². The van der Waals surface area contributed by atoms with Gasteiger partial charge in [0.25, 0.3) is 10.0 Å². The summed E-state index contributed by atoms with van der Waals surface area (Å²) in [5, 5.41) is 0. The average molecular weight is 309 g/mol. The van der Waals surface area contributed by atoms with Crippen molar-refractivity contribution in [3.8, 4) is 5.75 Å². The lowest BCUT2D eigenvalue weighted by atomic mass is 10.2. The molecule has 1 N–H and O–H groups in total. The smallest absolute Gasteiger partial charge is 0.262 e. The molecule has 0 radical (unpaired) electrons. The minimum atomic E-state index is -3.86. The molecule has 0 atom stereocenters. The predicted molar refractivity (Wildman–Crippen MR) is 79.6 cm³/mol. The van der Waals surface area contributed by atoms with Crippen LogP contribution in [0.5, 0.6) is 5.75 Å². The highest BCUT2D eigenvalue weighted by molar-refractivity contribution is 7.92. The van der Waals surface area contributed by atoms with Crippen molar-refractivity contribution in [3.63, 3.8) is 0 Å². The van der Waals surface area contributed by atoms with Gasteiger partial charge in [0.1, 0.15) is 11.4 Å². The molecule has 6 heteroatoms. The molecule has 0 aromatic heterocycles. The van der Waals surface area contributed by atoms with Crippen molar-refractivity contribution in [1.82, 2.24) is 0 Å². The van der Waals surface area contributed by atoms with Crippen LogP contribution in [-0.2, 0) is 10.0 Å². The van der Waals surface area contributed by atoms with Gasteiger partial charge in [0.15, 0.2) is 5.82 Å². The summed E-state index contributed by atoms with van der Waals surface area (Å²) in [5.41, 5.74) is 0.759. The SMILES string of the molecule is CCOc1cccc(F)c1NS(=O)(=O)c1ccc(C)cc1. The number of halogens is 1. The number of hydrogen-bond donors (Lipinski definition) is 1. The van der Waals surface area contributed by atoms with E-state index in [-0.39, 0.29) is 16.3 Å². The van der Waals surface area contributed by atoms with Crippen LogP contribution in [0.4, 0.5) is 10.1 Å². The second-order valence-electron chi connectivity index (χ2n) is 4.46. The summed E-state index contributed by atoms with van der Waals surface area (Å²) in [4.78, 5) is 0.0683. The fourth-order valence-electron chi connectivity index (χ4n) is 1.79. The van der Waals surface area contributed by atoms with Crippen molar-refractivity contribution in [2.24, 2.45) is 0 Å². The number of para-hydroxylation sites is 1. The molecule has 0 saturated carbocycles. The van der Waals surface area contributed by atoms with E-state index in [1.165, 1.54) is 30.3 Å². The van der Waals surface area contributed by atoms with Gasteiger partial charge in [-0.05, 0) is 38.1 Å². The van der Waals surface area contributed by atoms with Crippen LogP contribution in [0.1, 0.15) is 12.5 Å². The Kier molecular flexibility index (Phi) is 4.47. The topological polar surface area (TPSA) is 55.4 Å². The number of hydrogen-bond acceptors (Lipinski definition) is 3. The predicted octanol–water partition coefficient (Wildman–Crippen LogP) is 3.33. The molecule has 0 bridgehead atoms. The second-order valence-corrected chi connectivity index (χ2v) is 6.15. The van der Waals surface area contributed by atoms with Crippen LogP contribution in [0.2, 0.25) is 0 Å². The van der Waals surface area contributed by atoms with E-state index in [1.807, 2.05) is 6.92 Å². The average Bonchev–Trinajstić information content (AvgIpc) is 2.43. The Labute approximate surface area is 123 Å². The first-order valence-corrected chi connectivity index (χ1v) is 7.93. The van der Waals surface area contributed by atoms with Gasteiger partial charge < -0.3 is 4.74 Å². The monoisotopic (exact) mass is 309 g/mol. The van der Waals surface area contributed by atoms with Gasteiger partial charge in [0.05, 0.1) is 11.5 Å². The van der Waals surface area contributed by atoms with Gasteiger partial charge in [0, 0.05) is 0 Å². The first-order valence-electron chi connectivity index (χ1n) is 6.45. The number of nitrogens with one attached hydrogen (secondary N) is 1. The molecule has 0 aliphatic heterocycles. The molecule has 0 spiro atoms. The number of sulfonamides is 1. The Bertz CT molecular complexity index is 727. The summed E-state index contributed by atoms with van der Waals surface area (Å²) < 4.78 is 46.0. The normalized spacial score (nSPS) is 11.2. The largest absolute Gasteiger partial charge is 0.492 e. The van der Waals surface area contributed by atoms with Crippen LogP contribution in [0.15, 0.2) is 47.4 Å². The molecule has 2 aromatic carbocycles. The zero-order chi connectivity index (χ0) is 15.5. The number of rotatable bonds is 5. The van der Waals surface area contributed by atoms with Gasteiger partial charge in [-0.25, -0.2) is 12.8 Å². The lowest BCUT2D eigenvalue weighted by Crippen LogP contribution is -2.15. The molecule has 21 heavy (non-hydrogen) atoms. The third-order valence-electron chi connectivity index (χ3n) is 2.84. The summed E-state index contributed by atoms with van der Waals surface area (Å²) in [5.74, 6) is -0.523. The van der Waals surface area contributed by atoms with Crippen molar-refractivity contribution in [2.75, 3.05) is 11.3 Å². The quantitative estimate of drug-likeness (QED) is 0.921. The summed E-state index contributed by atoms with van der Waals surface area (Å²) in [6.07, 6.45) is 0. The maximum Gasteiger partial charge on any atom is 0.262 e. The standard InChI is InChI=1S/C15H16FNO3S/c1-3-20-14-6-4-5-13(16)15(14)17-21(18,19)12-9-7-11(2)8-10-12/h4-10,17H,3H2,1-2H3. The third-order valence-corrected chi connectivity index (χ3v) is 4.21. The molecule has 0 fully saturated rings. The Hall–Kier alpha value is -2.08. The van der Waals surface area contributed by atoms with Crippen LogP contribution in [0.3, 0.4) is 0 Å². The minimum Gasteiger partial charge on any atom is -0.492 e. The number of benzene rings is 2. The lowest BCUT2D eigenvalue weighted by molar-refractivity contribution is 0.340. The summed E-state index contributed by atoms with van der Waals surface area (Å²) in [7, 11) is -3.86.